The maximum absolute atomic E-state index is 11.4. The Balaban J connectivity index is 2.34. The lowest BCUT2D eigenvalue weighted by atomic mass is 10.3. The molecule has 7 nitrogen and oxygen atoms in total. The molecule has 0 aliphatic heterocycles. The van der Waals surface area contributed by atoms with Crippen molar-refractivity contribution in [2.24, 2.45) is 0 Å². The molecule has 0 radical (unpaired) electrons. The van der Waals surface area contributed by atoms with Gasteiger partial charge in [-0.2, -0.15) is 0 Å². The number of hydrogen-bond acceptors (Lipinski definition) is 5. The number of rotatable bonds is 5. The van der Waals surface area contributed by atoms with Gasteiger partial charge in [-0.25, -0.2) is 0 Å². The number of amides is 2. The van der Waals surface area contributed by atoms with Crippen LogP contribution in [0.2, 0.25) is 5.02 Å². The van der Waals surface area contributed by atoms with Gasteiger partial charge in [0.05, 0.1) is 11.6 Å². The summed E-state index contributed by atoms with van der Waals surface area (Å²) in [5, 5.41) is 0.522. The highest BCUT2D eigenvalue weighted by Gasteiger charge is 2.11. The van der Waals surface area contributed by atoms with Crippen LogP contribution < -0.4 is 15.6 Å². The molecule has 0 heterocycles. The molecule has 9 heteroatoms. The monoisotopic (exact) mass is 378 g/mol. The van der Waals surface area contributed by atoms with Gasteiger partial charge in [-0.05, 0) is 34.1 Å². The predicted molar refractivity (Wildman–Crippen MR) is 77.6 cm³/mol. The first-order valence-corrected chi connectivity index (χ1v) is 6.82. The number of esters is 1. The predicted octanol–water partition coefficient (Wildman–Crippen LogP) is 1.19. The number of benzene rings is 1. The zero-order chi connectivity index (χ0) is 15.8. The molecule has 0 unspecified atom stereocenters. The molecule has 0 aromatic heterocycles. The van der Waals surface area contributed by atoms with Crippen LogP contribution in [-0.4, -0.2) is 31.5 Å². The van der Waals surface area contributed by atoms with E-state index in [1.54, 1.807) is 18.2 Å². The van der Waals surface area contributed by atoms with Crippen LogP contribution >= 0.6 is 27.5 Å². The van der Waals surface area contributed by atoms with Gasteiger partial charge < -0.3 is 9.47 Å². The molecule has 0 fully saturated rings. The van der Waals surface area contributed by atoms with Crippen LogP contribution in [0.15, 0.2) is 22.7 Å². The van der Waals surface area contributed by atoms with E-state index < -0.39 is 24.2 Å². The first kappa shape index (κ1) is 17.3. The molecule has 2 N–H and O–H groups in total. The van der Waals surface area contributed by atoms with E-state index in [4.69, 9.17) is 16.3 Å². The Kier molecular flexibility index (Phi) is 6.97. The van der Waals surface area contributed by atoms with E-state index in [0.29, 0.717) is 15.2 Å². The molecule has 0 atom stereocenters. The average Bonchev–Trinajstić information content (AvgIpc) is 2.44. The number of hydrazine groups is 1. The maximum atomic E-state index is 11.4. The van der Waals surface area contributed by atoms with E-state index in [9.17, 15) is 14.4 Å². The van der Waals surface area contributed by atoms with Gasteiger partial charge in [0, 0.05) is 5.02 Å². The molecular formula is C12H12BrClN2O5. The SMILES string of the molecule is COC(=O)CC(=O)NNC(=O)COc1ccc(Cl)cc1Br. The quantitative estimate of drug-likeness (QED) is 0.455. The number of nitrogens with one attached hydrogen (secondary N) is 2. The second-order valence-electron chi connectivity index (χ2n) is 3.71. The highest BCUT2D eigenvalue weighted by molar-refractivity contribution is 9.10. The van der Waals surface area contributed by atoms with Crippen LogP contribution in [0.3, 0.4) is 0 Å². The van der Waals surface area contributed by atoms with E-state index in [2.05, 4.69) is 31.5 Å². The third kappa shape index (κ3) is 6.46. The van der Waals surface area contributed by atoms with E-state index in [-0.39, 0.29) is 6.61 Å². The normalized spacial score (nSPS) is 9.67. The summed E-state index contributed by atoms with van der Waals surface area (Å²) in [5.41, 5.74) is 4.16. The molecule has 0 saturated carbocycles. The molecule has 0 saturated heterocycles. The lowest BCUT2D eigenvalue weighted by Gasteiger charge is -2.09. The second-order valence-corrected chi connectivity index (χ2v) is 5.00. The zero-order valence-electron chi connectivity index (χ0n) is 10.9. The van der Waals surface area contributed by atoms with Crippen molar-refractivity contribution in [3.8, 4) is 5.75 Å². The van der Waals surface area contributed by atoms with Crippen LogP contribution in [-0.2, 0) is 19.1 Å². The Morgan fingerprint density at radius 2 is 1.90 bits per heavy atom. The number of ether oxygens (including phenoxy) is 2. The number of halogens is 2. The summed E-state index contributed by atoms with van der Waals surface area (Å²) in [5.74, 6) is -1.56. The molecular weight excluding hydrogens is 367 g/mol. The lowest BCUT2D eigenvalue weighted by molar-refractivity contribution is -0.144. The summed E-state index contributed by atoms with van der Waals surface area (Å²) in [6.45, 7) is -0.321. The number of carbonyl (C=O) groups is 3. The van der Waals surface area contributed by atoms with Crippen molar-refractivity contribution in [1.29, 1.82) is 0 Å². The Morgan fingerprint density at radius 3 is 2.52 bits per heavy atom. The fourth-order valence-corrected chi connectivity index (χ4v) is 1.96. The fraction of sp³-hybridized carbons (Fsp3) is 0.250. The van der Waals surface area contributed by atoms with Crippen molar-refractivity contribution in [2.45, 2.75) is 6.42 Å². The number of hydrogen-bond donors (Lipinski definition) is 2. The molecule has 21 heavy (non-hydrogen) atoms. The highest BCUT2D eigenvalue weighted by Crippen LogP contribution is 2.27. The van der Waals surface area contributed by atoms with Crippen LogP contribution in [0.1, 0.15) is 6.42 Å². The maximum Gasteiger partial charge on any atom is 0.315 e. The summed E-state index contributed by atoms with van der Waals surface area (Å²) < 4.78 is 10.1. The minimum absolute atomic E-state index is 0.321. The molecule has 0 aliphatic carbocycles. The summed E-state index contributed by atoms with van der Waals surface area (Å²) >= 11 is 9.00. The van der Waals surface area contributed by atoms with Gasteiger partial charge in [-0.1, -0.05) is 11.6 Å². The van der Waals surface area contributed by atoms with Gasteiger partial charge in [0.1, 0.15) is 12.2 Å². The van der Waals surface area contributed by atoms with Gasteiger partial charge in [0.2, 0.25) is 5.91 Å². The average molecular weight is 380 g/mol. The van der Waals surface area contributed by atoms with Crippen molar-refractivity contribution in [3.63, 3.8) is 0 Å². The van der Waals surface area contributed by atoms with Crippen LogP contribution in [0.25, 0.3) is 0 Å². The minimum atomic E-state index is -0.705. The molecule has 114 valence electrons. The fourth-order valence-electron chi connectivity index (χ4n) is 1.16. The highest BCUT2D eigenvalue weighted by atomic mass is 79.9. The molecule has 2 amide bonds. The van der Waals surface area contributed by atoms with Crippen LogP contribution in [0.5, 0.6) is 5.75 Å². The van der Waals surface area contributed by atoms with E-state index >= 15 is 0 Å². The van der Waals surface area contributed by atoms with Gasteiger partial charge in [0.25, 0.3) is 5.91 Å². The molecule has 0 bridgehead atoms. The topological polar surface area (TPSA) is 93.7 Å². The van der Waals surface area contributed by atoms with Gasteiger partial charge in [0.15, 0.2) is 6.61 Å². The largest absolute Gasteiger partial charge is 0.483 e. The Bertz CT molecular complexity index is 552. The number of methoxy groups -OCH3 is 1. The summed E-state index contributed by atoms with van der Waals surface area (Å²) in [6, 6.07) is 4.82. The van der Waals surface area contributed by atoms with Crippen molar-refractivity contribution >= 4 is 45.3 Å². The Hall–Kier alpha value is -1.80. The zero-order valence-corrected chi connectivity index (χ0v) is 13.3. The first-order chi connectivity index (χ1) is 9.92. The minimum Gasteiger partial charge on any atom is -0.483 e. The third-order valence-corrected chi connectivity index (χ3v) is 2.98. The van der Waals surface area contributed by atoms with E-state index in [1.165, 1.54) is 0 Å². The third-order valence-electron chi connectivity index (χ3n) is 2.13. The molecule has 1 rings (SSSR count). The Labute approximate surface area is 134 Å². The first-order valence-electron chi connectivity index (χ1n) is 5.64. The lowest BCUT2D eigenvalue weighted by Crippen LogP contribution is -2.44. The van der Waals surface area contributed by atoms with Crippen molar-refractivity contribution < 1.29 is 23.9 Å². The van der Waals surface area contributed by atoms with Gasteiger partial charge in [-0.15, -0.1) is 0 Å². The van der Waals surface area contributed by atoms with E-state index in [1.807, 2.05) is 0 Å². The summed E-state index contributed by atoms with van der Waals surface area (Å²) in [6.07, 6.45) is -0.486. The van der Waals surface area contributed by atoms with Crippen molar-refractivity contribution in [1.82, 2.24) is 10.9 Å². The van der Waals surface area contributed by atoms with Gasteiger partial charge in [-0.3, -0.25) is 25.2 Å². The van der Waals surface area contributed by atoms with Gasteiger partial charge >= 0.3 is 5.97 Å². The Morgan fingerprint density at radius 1 is 1.24 bits per heavy atom. The molecule has 1 aromatic rings. The molecule has 0 spiro atoms. The van der Waals surface area contributed by atoms with Crippen LogP contribution in [0.4, 0.5) is 0 Å². The van der Waals surface area contributed by atoms with E-state index in [0.717, 1.165) is 7.11 Å². The van der Waals surface area contributed by atoms with Crippen molar-refractivity contribution in [2.75, 3.05) is 13.7 Å². The number of carbonyl (C=O) groups excluding carboxylic acids is 3. The molecule has 1 aromatic carbocycles. The summed E-state index contributed by atoms with van der Waals surface area (Å²) in [7, 11) is 1.16. The second kappa shape index (κ2) is 8.48. The standard InChI is InChI=1S/C12H12BrClN2O5/c1-20-12(19)5-10(17)15-16-11(18)6-21-9-3-2-7(14)4-8(9)13/h2-4H,5-6H2,1H3,(H,15,17)(H,16,18). The van der Waals surface area contributed by atoms with Crippen LogP contribution in [0, 0.1) is 0 Å². The summed E-state index contributed by atoms with van der Waals surface area (Å²) in [4.78, 5) is 33.4. The molecule has 0 aliphatic rings. The smallest absolute Gasteiger partial charge is 0.315 e. The van der Waals surface area contributed by atoms with Crippen molar-refractivity contribution in [3.05, 3.63) is 27.7 Å².